The van der Waals surface area contributed by atoms with E-state index >= 15 is 0 Å². The Morgan fingerprint density at radius 1 is 0.841 bits per heavy atom. The van der Waals surface area contributed by atoms with Gasteiger partial charge in [-0.2, -0.15) is 0 Å². The zero-order valence-corrected chi connectivity index (χ0v) is 25.7. The molecule has 2 fully saturated rings. The lowest BCUT2D eigenvalue weighted by molar-refractivity contribution is -0.183. The summed E-state index contributed by atoms with van der Waals surface area (Å²) in [6.45, 7) is 7.54. The van der Waals surface area contributed by atoms with Crippen molar-refractivity contribution >= 4 is 0 Å². The Kier molecular flexibility index (Phi) is 8.69. The first-order valence-electron chi connectivity index (χ1n) is 16.3. The topological polar surface area (TPSA) is 58.0 Å². The van der Waals surface area contributed by atoms with Crippen LogP contribution in [0.15, 0.2) is 78.9 Å². The molecule has 0 bridgehead atoms. The van der Waals surface area contributed by atoms with Crippen LogP contribution in [0.1, 0.15) is 56.7 Å². The second kappa shape index (κ2) is 13.1. The normalized spacial score (nSPS) is 17.6. The first kappa shape index (κ1) is 29.1. The van der Waals surface area contributed by atoms with Gasteiger partial charge in [0.2, 0.25) is 6.79 Å². The summed E-state index contributed by atoms with van der Waals surface area (Å²) < 4.78 is 26.0. The first-order valence-corrected chi connectivity index (χ1v) is 16.3. The third-order valence-electron chi connectivity index (χ3n) is 9.30. The number of unbranched alkanes of at least 4 members (excludes halogenated alkanes) is 1. The fourth-order valence-electron chi connectivity index (χ4n) is 6.98. The van der Waals surface area contributed by atoms with Gasteiger partial charge in [0, 0.05) is 50.1 Å². The molecule has 230 valence electrons. The molecule has 0 N–H and O–H groups in total. The van der Waals surface area contributed by atoms with Crippen LogP contribution in [0.5, 0.6) is 11.5 Å². The molecule has 0 unspecified atom stereocenters. The monoisotopic (exact) mass is 593 g/mol. The minimum atomic E-state index is -0.345. The van der Waals surface area contributed by atoms with Gasteiger partial charge in [0.25, 0.3) is 0 Å². The molecular formula is C37H43N3O4. The van der Waals surface area contributed by atoms with E-state index in [1.165, 1.54) is 11.3 Å². The van der Waals surface area contributed by atoms with Gasteiger partial charge in [-0.25, -0.2) is 4.98 Å². The molecule has 4 aromatic rings. The van der Waals surface area contributed by atoms with Crippen molar-refractivity contribution in [1.82, 2.24) is 14.5 Å². The molecule has 7 nitrogen and oxygen atoms in total. The van der Waals surface area contributed by atoms with E-state index in [0.717, 1.165) is 98.8 Å². The highest BCUT2D eigenvalue weighted by Crippen LogP contribution is 2.40. The number of ether oxygens (including phenoxy) is 4. The second-order valence-electron chi connectivity index (χ2n) is 12.4. The van der Waals surface area contributed by atoms with E-state index in [0.29, 0.717) is 19.1 Å². The Morgan fingerprint density at radius 2 is 1.55 bits per heavy atom. The van der Waals surface area contributed by atoms with E-state index in [1.807, 2.05) is 6.07 Å². The van der Waals surface area contributed by atoms with Crippen LogP contribution in [0.4, 0.5) is 0 Å². The summed E-state index contributed by atoms with van der Waals surface area (Å²) in [4.78, 5) is 7.99. The maximum atomic E-state index is 6.06. The maximum Gasteiger partial charge on any atom is 0.231 e. The molecule has 1 spiro atoms. The summed E-state index contributed by atoms with van der Waals surface area (Å²) in [5.41, 5.74) is 5.90. The molecule has 1 aliphatic carbocycles. The van der Waals surface area contributed by atoms with Gasteiger partial charge in [-0.05, 0) is 42.9 Å². The molecule has 3 aromatic carbocycles. The molecule has 2 aliphatic heterocycles. The molecule has 7 heteroatoms. The van der Waals surface area contributed by atoms with Crippen LogP contribution in [0.25, 0.3) is 22.6 Å². The molecule has 1 aromatic heterocycles. The van der Waals surface area contributed by atoms with Crippen LogP contribution in [-0.4, -0.2) is 46.8 Å². The van der Waals surface area contributed by atoms with Crippen LogP contribution < -0.4 is 9.47 Å². The Bertz CT molecular complexity index is 1520. The number of nitrogens with zero attached hydrogens (tertiary/aromatic N) is 3. The third-order valence-corrected chi connectivity index (χ3v) is 9.30. The van der Waals surface area contributed by atoms with Crippen molar-refractivity contribution in [3.63, 3.8) is 0 Å². The largest absolute Gasteiger partial charge is 0.454 e. The van der Waals surface area contributed by atoms with Gasteiger partial charge in [0.15, 0.2) is 17.3 Å². The average Bonchev–Trinajstić information content (AvgIpc) is 3.81. The number of aromatic nitrogens is 2. The van der Waals surface area contributed by atoms with Crippen LogP contribution >= 0.6 is 0 Å². The van der Waals surface area contributed by atoms with Gasteiger partial charge >= 0.3 is 0 Å². The highest BCUT2D eigenvalue weighted by atomic mass is 16.7. The van der Waals surface area contributed by atoms with Crippen molar-refractivity contribution in [3.05, 3.63) is 90.1 Å². The summed E-state index contributed by atoms with van der Waals surface area (Å²) in [5, 5.41) is 0. The summed E-state index contributed by atoms with van der Waals surface area (Å²) in [6.07, 6.45) is 6.38. The van der Waals surface area contributed by atoms with E-state index in [4.69, 9.17) is 23.9 Å². The fourth-order valence-corrected chi connectivity index (χ4v) is 6.98. The lowest BCUT2D eigenvalue weighted by Gasteiger charge is -2.37. The summed E-state index contributed by atoms with van der Waals surface area (Å²) in [7, 11) is 0. The molecule has 3 aliphatic rings. The van der Waals surface area contributed by atoms with Crippen LogP contribution in [0.3, 0.4) is 0 Å². The third kappa shape index (κ3) is 6.27. The zero-order valence-electron chi connectivity index (χ0n) is 25.7. The van der Waals surface area contributed by atoms with Crippen molar-refractivity contribution in [3.8, 4) is 34.1 Å². The minimum Gasteiger partial charge on any atom is -0.454 e. The van der Waals surface area contributed by atoms with Crippen molar-refractivity contribution in [2.75, 3.05) is 26.6 Å². The van der Waals surface area contributed by atoms with Crippen LogP contribution in [0.2, 0.25) is 0 Å². The van der Waals surface area contributed by atoms with E-state index in [-0.39, 0.29) is 12.6 Å². The van der Waals surface area contributed by atoms with Crippen molar-refractivity contribution < 1.29 is 18.9 Å². The summed E-state index contributed by atoms with van der Waals surface area (Å²) in [5.74, 6) is 2.94. The molecule has 44 heavy (non-hydrogen) atoms. The standard InChI is InChI=1S/C37H43N3O4/c1-2-3-20-40-32(35(30-10-6-4-7-11-30)38-36(40)31-12-8-5-9-13-31)26-39(25-29-14-15-33-34(23-29)42-27-41-33)24-28-16-18-37(19-17-28)43-21-22-44-37/h4-15,23,28H,2-3,16-22,24-27H2,1H3. The molecule has 7 rings (SSSR count). The Balaban J connectivity index is 1.24. The van der Waals surface area contributed by atoms with Crippen LogP contribution in [0, 0.1) is 5.92 Å². The Hall–Kier alpha value is -3.65. The molecule has 3 heterocycles. The lowest BCUT2D eigenvalue weighted by atomic mass is 9.84. The SMILES string of the molecule is CCCCn1c(-c2ccccc2)nc(-c2ccccc2)c1CN(Cc1ccc2c(c1)OCO2)CC1CCC2(CC1)OCCO2. The summed E-state index contributed by atoms with van der Waals surface area (Å²) in [6, 6.07) is 27.7. The van der Waals surface area contributed by atoms with Gasteiger partial charge in [-0.3, -0.25) is 4.90 Å². The number of benzene rings is 3. The Morgan fingerprint density at radius 3 is 2.27 bits per heavy atom. The van der Waals surface area contributed by atoms with E-state index in [9.17, 15) is 0 Å². The number of imidazole rings is 1. The molecular weight excluding hydrogens is 550 g/mol. The van der Waals surface area contributed by atoms with Crippen molar-refractivity contribution in [2.24, 2.45) is 5.92 Å². The number of hydrogen-bond acceptors (Lipinski definition) is 6. The first-order chi connectivity index (χ1) is 21.7. The number of hydrogen-bond donors (Lipinski definition) is 0. The summed E-state index contributed by atoms with van der Waals surface area (Å²) >= 11 is 0. The average molecular weight is 594 g/mol. The number of fused-ring (bicyclic) bond motifs is 1. The highest BCUT2D eigenvalue weighted by Gasteiger charge is 2.40. The minimum absolute atomic E-state index is 0.287. The molecule has 1 saturated carbocycles. The highest BCUT2D eigenvalue weighted by molar-refractivity contribution is 5.68. The van der Waals surface area contributed by atoms with E-state index < -0.39 is 0 Å². The lowest BCUT2D eigenvalue weighted by Crippen LogP contribution is -2.39. The van der Waals surface area contributed by atoms with E-state index in [2.05, 4.69) is 89.2 Å². The predicted molar refractivity (Wildman–Crippen MR) is 171 cm³/mol. The van der Waals surface area contributed by atoms with Gasteiger partial charge in [-0.1, -0.05) is 80.1 Å². The Labute approximate surface area is 260 Å². The quantitative estimate of drug-likeness (QED) is 0.178. The molecule has 0 atom stereocenters. The van der Waals surface area contributed by atoms with Gasteiger partial charge in [0.1, 0.15) is 5.82 Å². The predicted octanol–water partition coefficient (Wildman–Crippen LogP) is 7.68. The smallest absolute Gasteiger partial charge is 0.231 e. The molecule has 1 saturated heterocycles. The van der Waals surface area contributed by atoms with Gasteiger partial charge in [0.05, 0.1) is 24.6 Å². The van der Waals surface area contributed by atoms with Crippen LogP contribution in [-0.2, 0) is 29.1 Å². The number of rotatable bonds is 11. The second-order valence-corrected chi connectivity index (χ2v) is 12.4. The van der Waals surface area contributed by atoms with Crippen molar-refractivity contribution in [2.45, 2.75) is 70.9 Å². The van der Waals surface area contributed by atoms with Crippen molar-refractivity contribution in [1.29, 1.82) is 0 Å². The zero-order chi connectivity index (χ0) is 29.8. The molecule has 0 amide bonds. The molecule has 0 radical (unpaired) electrons. The van der Waals surface area contributed by atoms with E-state index in [1.54, 1.807) is 0 Å². The van der Waals surface area contributed by atoms with Gasteiger partial charge in [-0.15, -0.1) is 0 Å². The fraction of sp³-hybridized carbons (Fsp3) is 0.432. The van der Waals surface area contributed by atoms with Gasteiger partial charge < -0.3 is 23.5 Å². The maximum absolute atomic E-state index is 6.06.